The lowest BCUT2D eigenvalue weighted by Gasteiger charge is -2.19. The first-order valence-corrected chi connectivity index (χ1v) is 8.99. The molecular formula is C18H13ClN4O2S. The number of rotatable bonds is 4. The van der Waals surface area contributed by atoms with E-state index in [0.29, 0.717) is 27.1 Å². The number of carbonyl (C=O) groups excluding carboxylic acids is 2. The lowest BCUT2D eigenvalue weighted by Crippen LogP contribution is -2.31. The van der Waals surface area contributed by atoms with E-state index < -0.39 is 0 Å². The highest BCUT2D eigenvalue weighted by Gasteiger charge is 2.29. The van der Waals surface area contributed by atoms with Crippen LogP contribution in [0.3, 0.4) is 0 Å². The molecule has 0 spiro atoms. The third kappa shape index (κ3) is 4.04. The number of halogens is 1. The van der Waals surface area contributed by atoms with Gasteiger partial charge in [0.15, 0.2) is 5.17 Å². The van der Waals surface area contributed by atoms with E-state index in [1.54, 1.807) is 48.5 Å². The summed E-state index contributed by atoms with van der Waals surface area (Å²) in [4.78, 5) is 29.9. The van der Waals surface area contributed by atoms with E-state index in [2.05, 4.69) is 10.3 Å². The van der Waals surface area contributed by atoms with Crippen LogP contribution in [-0.2, 0) is 9.59 Å². The maximum atomic E-state index is 12.2. The van der Waals surface area contributed by atoms with Crippen LogP contribution in [0, 0.1) is 11.3 Å². The summed E-state index contributed by atoms with van der Waals surface area (Å²) in [6.07, 6.45) is 0. The number of nitriles is 1. The van der Waals surface area contributed by atoms with Crippen LogP contribution in [0.4, 0.5) is 11.4 Å². The predicted molar refractivity (Wildman–Crippen MR) is 103 cm³/mol. The van der Waals surface area contributed by atoms with Gasteiger partial charge in [-0.05, 0) is 30.3 Å². The topological polar surface area (TPSA) is 85.6 Å². The first kappa shape index (κ1) is 18.0. The number of benzene rings is 2. The molecule has 130 valence electrons. The van der Waals surface area contributed by atoms with Gasteiger partial charge in [-0.1, -0.05) is 41.6 Å². The molecule has 0 atom stereocenters. The minimum Gasteiger partial charge on any atom is -0.325 e. The standard InChI is InChI=1S/C18H13ClN4O2S/c19-14-6-1-2-7-15(14)23-17(25)10-21-18(23)26-11-16(24)22-13-5-3-4-12(8-13)9-20/h1-8H,10-11H2,(H,22,24). The fraction of sp³-hybridized carbons (Fsp3) is 0.111. The smallest absolute Gasteiger partial charge is 0.254 e. The molecular weight excluding hydrogens is 372 g/mol. The Morgan fingerprint density at radius 1 is 1.31 bits per heavy atom. The maximum Gasteiger partial charge on any atom is 0.254 e. The summed E-state index contributed by atoms with van der Waals surface area (Å²) in [5.74, 6) is -0.377. The van der Waals surface area contributed by atoms with Crippen molar-refractivity contribution in [3.63, 3.8) is 0 Å². The molecule has 2 aromatic rings. The minimum atomic E-state index is -0.258. The molecule has 2 aromatic carbocycles. The summed E-state index contributed by atoms with van der Waals surface area (Å²) in [5.41, 5.74) is 1.55. The van der Waals surface area contributed by atoms with E-state index >= 15 is 0 Å². The van der Waals surface area contributed by atoms with Crippen molar-refractivity contribution in [2.24, 2.45) is 4.99 Å². The van der Waals surface area contributed by atoms with Crippen LogP contribution in [-0.4, -0.2) is 29.3 Å². The fourth-order valence-corrected chi connectivity index (χ4v) is 3.40. The van der Waals surface area contributed by atoms with Crippen LogP contribution >= 0.6 is 23.4 Å². The number of hydrogen-bond acceptors (Lipinski definition) is 5. The molecule has 0 aromatic heterocycles. The van der Waals surface area contributed by atoms with E-state index in [1.807, 2.05) is 6.07 Å². The van der Waals surface area contributed by atoms with Crippen molar-refractivity contribution in [2.75, 3.05) is 22.5 Å². The molecule has 1 N–H and O–H groups in total. The number of anilines is 2. The highest BCUT2D eigenvalue weighted by Crippen LogP contribution is 2.30. The van der Waals surface area contributed by atoms with Gasteiger partial charge in [0.25, 0.3) is 5.91 Å². The molecule has 0 saturated carbocycles. The number of amidine groups is 1. The number of amides is 2. The zero-order valence-corrected chi connectivity index (χ0v) is 15.0. The Labute approximate surface area is 159 Å². The second-order valence-electron chi connectivity index (χ2n) is 5.31. The van der Waals surface area contributed by atoms with Crippen molar-refractivity contribution in [1.82, 2.24) is 0 Å². The van der Waals surface area contributed by atoms with E-state index in [0.717, 1.165) is 11.8 Å². The van der Waals surface area contributed by atoms with Gasteiger partial charge in [-0.2, -0.15) is 5.26 Å². The molecule has 26 heavy (non-hydrogen) atoms. The average Bonchev–Trinajstić information content (AvgIpc) is 3.01. The zero-order chi connectivity index (χ0) is 18.5. The monoisotopic (exact) mass is 384 g/mol. The van der Waals surface area contributed by atoms with E-state index in [9.17, 15) is 9.59 Å². The van der Waals surface area contributed by atoms with Gasteiger partial charge >= 0.3 is 0 Å². The molecule has 0 fully saturated rings. The van der Waals surface area contributed by atoms with Gasteiger partial charge in [0.1, 0.15) is 6.54 Å². The first-order chi connectivity index (χ1) is 12.6. The van der Waals surface area contributed by atoms with E-state index in [1.165, 1.54) is 4.90 Å². The normalized spacial score (nSPS) is 13.3. The molecule has 1 aliphatic heterocycles. The van der Waals surface area contributed by atoms with Crippen molar-refractivity contribution >= 4 is 51.7 Å². The highest BCUT2D eigenvalue weighted by atomic mass is 35.5. The number of thioether (sulfide) groups is 1. The summed E-state index contributed by atoms with van der Waals surface area (Å²) in [6, 6.07) is 15.7. The van der Waals surface area contributed by atoms with Gasteiger partial charge in [-0.25, -0.2) is 0 Å². The molecule has 2 amide bonds. The molecule has 0 aliphatic carbocycles. The van der Waals surface area contributed by atoms with Gasteiger partial charge < -0.3 is 5.32 Å². The molecule has 8 heteroatoms. The largest absolute Gasteiger partial charge is 0.325 e. The summed E-state index contributed by atoms with van der Waals surface area (Å²) >= 11 is 7.33. The van der Waals surface area contributed by atoms with Crippen LogP contribution in [0.5, 0.6) is 0 Å². The maximum absolute atomic E-state index is 12.2. The van der Waals surface area contributed by atoms with Crippen LogP contribution in [0.1, 0.15) is 5.56 Å². The number of nitrogens with zero attached hydrogens (tertiary/aromatic N) is 3. The Bertz CT molecular complexity index is 939. The third-order valence-electron chi connectivity index (χ3n) is 3.49. The van der Waals surface area contributed by atoms with Gasteiger partial charge in [0.2, 0.25) is 5.91 Å². The van der Waals surface area contributed by atoms with E-state index in [-0.39, 0.29) is 24.1 Å². The van der Waals surface area contributed by atoms with Crippen LogP contribution < -0.4 is 10.2 Å². The number of hydrogen-bond donors (Lipinski definition) is 1. The van der Waals surface area contributed by atoms with Crippen molar-refractivity contribution in [3.8, 4) is 6.07 Å². The molecule has 1 heterocycles. The summed E-state index contributed by atoms with van der Waals surface area (Å²) in [6.45, 7) is 0.0272. The van der Waals surface area contributed by atoms with Crippen LogP contribution in [0.25, 0.3) is 0 Å². The lowest BCUT2D eigenvalue weighted by atomic mass is 10.2. The highest BCUT2D eigenvalue weighted by molar-refractivity contribution is 8.14. The summed E-state index contributed by atoms with van der Waals surface area (Å²) in [5, 5.41) is 12.5. The van der Waals surface area contributed by atoms with Crippen molar-refractivity contribution in [3.05, 3.63) is 59.1 Å². The Morgan fingerprint density at radius 3 is 2.88 bits per heavy atom. The van der Waals surface area contributed by atoms with Crippen molar-refractivity contribution < 1.29 is 9.59 Å². The van der Waals surface area contributed by atoms with Gasteiger partial charge in [-0.15, -0.1) is 0 Å². The third-order valence-corrected chi connectivity index (χ3v) is 4.79. The molecule has 0 radical (unpaired) electrons. The molecule has 0 unspecified atom stereocenters. The molecule has 3 rings (SSSR count). The van der Waals surface area contributed by atoms with Crippen molar-refractivity contribution in [1.29, 1.82) is 5.26 Å². The Kier molecular flexibility index (Phi) is 5.56. The Hall–Kier alpha value is -2.82. The molecule has 0 saturated heterocycles. The SMILES string of the molecule is N#Cc1cccc(NC(=O)CSC2=NCC(=O)N2c2ccccc2Cl)c1. The Morgan fingerprint density at radius 2 is 2.12 bits per heavy atom. The minimum absolute atomic E-state index is 0.0272. The van der Waals surface area contributed by atoms with Crippen molar-refractivity contribution in [2.45, 2.75) is 0 Å². The van der Waals surface area contributed by atoms with Gasteiger partial charge in [0.05, 0.1) is 28.1 Å². The molecule has 1 aliphatic rings. The molecule has 0 bridgehead atoms. The van der Waals surface area contributed by atoms with E-state index in [4.69, 9.17) is 16.9 Å². The fourth-order valence-electron chi connectivity index (χ4n) is 2.36. The lowest BCUT2D eigenvalue weighted by molar-refractivity contribution is -0.116. The van der Waals surface area contributed by atoms with Gasteiger partial charge in [-0.3, -0.25) is 19.5 Å². The average molecular weight is 385 g/mol. The number of para-hydroxylation sites is 1. The number of carbonyl (C=O) groups is 2. The number of nitrogens with one attached hydrogen (secondary N) is 1. The summed E-state index contributed by atoms with van der Waals surface area (Å²) in [7, 11) is 0. The van der Waals surface area contributed by atoms with Gasteiger partial charge in [0, 0.05) is 5.69 Å². The van der Waals surface area contributed by atoms with Crippen LogP contribution in [0.2, 0.25) is 5.02 Å². The first-order valence-electron chi connectivity index (χ1n) is 7.63. The Balaban J connectivity index is 1.65. The molecule has 6 nitrogen and oxygen atoms in total. The predicted octanol–water partition coefficient (Wildman–Crippen LogP) is 3.29. The summed E-state index contributed by atoms with van der Waals surface area (Å²) < 4.78 is 0. The second kappa shape index (κ2) is 8.04. The second-order valence-corrected chi connectivity index (χ2v) is 6.66. The zero-order valence-electron chi connectivity index (χ0n) is 13.5. The quantitative estimate of drug-likeness (QED) is 0.876. The number of aliphatic imine (C=N–C) groups is 1. The van der Waals surface area contributed by atoms with Crippen LogP contribution in [0.15, 0.2) is 53.5 Å².